The normalized spacial score (nSPS) is 26.2. The van der Waals surface area contributed by atoms with Crippen LogP contribution >= 0.6 is 19.4 Å². The monoisotopic (exact) mass is 668 g/mol. The van der Waals surface area contributed by atoms with Gasteiger partial charge in [-0.15, -0.1) is 0 Å². The van der Waals surface area contributed by atoms with Crippen LogP contribution in [0.1, 0.15) is 87.1 Å². The van der Waals surface area contributed by atoms with Crippen molar-refractivity contribution in [1.29, 1.82) is 0 Å². The maximum absolute atomic E-state index is 12.8. The van der Waals surface area contributed by atoms with Crippen LogP contribution in [0.4, 0.5) is 5.69 Å². The Morgan fingerprint density at radius 3 is 2.65 bits per heavy atom. The Hall–Kier alpha value is -3.10. The fourth-order valence-corrected chi connectivity index (χ4v) is 8.85. The number of rotatable bonds is 10. The third-order valence-corrected chi connectivity index (χ3v) is 11.2. The molecule has 1 fully saturated rings. The average Bonchev–Trinajstić information content (AvgIpc) is 3.28. The Morgan fingerprint density at radius 1 is 1.15 bits per heavy atom. The first-order valence-corrected chi connectivity index (χ1v) is 18.0. The third kappa shape index (κ3) is 6.66. The summed E-state index contributed by atoms with van der Waals surface area (Å²) in [5.74, 6) is 0.940. The lowest BCUT2D eigenvalue weighted by atomic mass is 9.59. The van der Waals surface area contributed by atoms with Crippen LogP contribution in [0.3, 0.4) is 0 Å². The molecule has 0 bridgehead atoms. The lowest BCUT2D eigenvalue weighted by Gasteiger charge is -2.47. The van der Waals surface area contributed by atoms with Gasteiger partial charge in [0, 0.05) is 28.2 Å². The minimum Gasteiger partial charge on any atom is -0.493 e. The van der Waals surface area contributed by atoms with Gasteiger partial charge >= 0.3 is 13.8 Å². The first kappa shape index (κ1) is 32.8. The molecule has 3 aliphatic rings. The first-order chi connectivity index (χ1) is 21.9. The van der Waals surface area contributed by atoms with Gasteiger partial charge in [-0.05, 0) is 128 Å². The van der Waals surface area contributed by atoms with E-state index in [1.807, 2.05) is 24.4 Å². The number of pyridine rings is 1. The SMILES string of the molecule is C[C@@H](COc1ccnc2c1[C@H](C)CCC2)CC1Cc2ccc(OP(=O)(O)O)cc2C12CCC(Nc1cccc(Cl)c1)(C(=O)O)CC2. The number of nitrogens with zero attached hydrogens (tertiary/aromatic N) is 1. The Balaban J connectivity index is 1.25. The van der Waals surface area contributed by atoms with Gasteiger partial charge in [0.15, 0.2) is 0 Å². The van der Waals surface area contributed by atoms with Crippen molar-refractivity contribution in [2.45, 2.75) is 88.5 Å². The summed E-state index contributed by atoms with van der Waals surface area (Å²) in [6.45, 7) is 4.98. The number of aliphatic carboxylic acids is 1. The summed E-state index contributed by atoms with van der Waals surface area (Å²) in [4.78, 5) is 36.4. The van der Waals surface area contributed by atoms with Crippen LogP contribution in [0.15, 0.2) is 54.7 Å². The molecule has 1 saturated carbocycles. The Morgan fingerprint density at radius 2 is 1.93 bits per heavy atom. The van der Waals surface area contributed by atoms with Crippen molar-refractivity contribution in [3.05, 3.63) is 82.1 Å². The van der Waals surface area contributed by atoms with Gasteiger partial charge in [0.25, 0.3) is 0 Å². The quantitative estimate of drug-likeness (QED) is 0.160. The highest BCUT2D eigenvalue weighted by Crippen LogP contribution is 2.57. The predicted molar refractivity (Wildman–Crippen MR) is 177 cm³/mol. The summed E-state index contributed by atoms with van der Waals surface area (Å²) in [5, 5.41) is 14.3. The van der Waals surface area contributed by atoms with Crippen LogP contribution in [0, 0.1) is 11.8 Å². The molecule has 3 aliphatic carbocycles. The number of phosphoric acid groups is 1. The van der Waals surface area contributed by atoms with Crippen molar-refractivity contribution in [3.63, 3.8) is 0 Å². The molecule has 2 aromatic carbocycles. The number of carboxylic acid groups (broad SMARTS) is 1. The second-order valence-electron chi connectivity index (χ2n) is 13.6. The van der Waals surface area contributed by atoms with Gasteiger partial charge in [0.1, 0.15) is 17.0 Å². The highest BCUT2D eigenvalue weighted by molar-refractivity contribution is 7.46. The highest BCUT2D eigenvalue weighted by Gasteiger charge is 2.54. The number of benzene rings is 2. The number of aryl methyl sites for hydroxylation is 1. The van der Waals surface area contributed by atoms with E-state index in [-0.39, 0.29) is 23.0 Å². The number of hydrogen-bond donors (Lipinski definition) is 4. The van der Waals surface area contributed by atoms with Crippen molar-refractivity contribution in [1.82, 2.24) is 4.98 Å². The minimum absolute atomic E-state index is 0.118. The standard InChI is InChI=1S/C35H42ClN2O7P/c1-22(21-44-31-11-16-37-30-8-3-5-23(2)32(30)31)17-25-18-24-9-10-28(45-46(41,42)43)20-29(24)34(25)12-14-35(15-13-34,33(39)40)38-27-7-4-6-26(36)19-27/h4,6-7,9-11,16,19-20,22-23,25,38H,3,5,8,12-15,17-18,21H2,1-2H3,(H,39,40)(H2,41,42,43)/t22-,23-,25?,34?,35?/m1/s1. The summed E-state index contributed by atoms with van der Waals surface area (Å²) >= 11 is 6.21. The number of aromatic nitrogens is 1. The molecule has 11 heteroatoms. The molecule has 1 aromatic heterocycles. The van der Waals surface area contributed by atoms with Gasteiger partial charge in [-0.1, -0.05) is 37.6 Å². The molecule has 0 amide bonds. The number of ether oxygens (including phenoxy) is 1. The van der Waals surface area contributed by atoms with Crippen molar-refractivity contribution in [2.75, 3.05) is 11.9 Å². The van der Waals surface area contributed by atoms with Gasteiger partial charge in [0.2, 0.25) is 0 Å². The highest BCUT2D eigenvalue weighted by atomic mass is 35.5. The van der Waals surface area contributed by atoms with Crippen LogP contribution in [0.2, 0.25) is 5.02 Å². The first-order valence-electron chi connectivity index (χ1n) is 16.1. The number of nitrogens with one attached hydrogen (secondary N) is 1. The third-order valence-electron chi connectivity index (χ3n) is 10.5. The van der Waals surface area contributed by atoms with E-state index in [0.29, 0.717) is 48.9 Å². The second kappa shape index (κ2) is 12.8. The molecule has 6 rings (SSSR count). The smallest absolute Gasteiger partial charge is 0.493 e. The van der Waals surface area contributed by atoms with E-state index >= 15 is 0 Å². The number of anilines is 1. The zero-order chi connectivity index (χ0) is 32.7. The summed E-state index contributed by atoms with van der Waals surface area (Å²) in [6, 6.07) is 14.3. The topological polar surface area (TPSA) is 138 Å². The molecule has 0 radical (unpaired) electrons. The van der Waals surface area contributed by atoms with Gasteiger partial charge in [-0.25, -0.2) is 9.36 Å². The molecule has 1 spiro atoms. The van der Waals surface area contributed by atoms with E-state index in [2.05, 4.69) is 24.1 Å². The van der Waals surface area contributed by atoms with Crippen molar-refractivity contribution >= 4 is 31.1 Å². The van der Waals surface area contributed by atoms with Crippen LogP contribution in [0.5, 0.6) is 11.5 Å². The molecule has 0 aliphatic heterocycles. The number of carboxylic acids is 1. The zero-order valence-corrected chi connectivity index (χ0v) is 27.9. The van der Waals surface area contributed by atoms with E-state index < -0.39 is 19.3 Å². The van der Waals surface area contributed by atoms with Crippen LogP contribution in [-0.4, -0.2) is 38.0 Å². The molecular weight excluding hydrogens is 627 g/mol. The molecule has 1 heterocycles. The summed E-state index contributed by atoms with van der Waals surface area (Å²) in [7, 11) is -4.75. The van der Waals surface area contributed by atoms with Crippen LogP contribution in [-0.2, 0) is 27.6 Å². The molecule has 46 heavy (non-hydrogen) atoms. The van der Waals surface area contributed by atoms with Crippen molar-refractivity contribution < 1.29 is 33.5 Å². The number of hydrogen-bond acceptors (Lipinski definition) is 6. The fraction of sp³-hybridized carbons (Fsp3) is 0.486. The van der Waals surface area contributed by atoms with E-state index in [1.54, 1.807) is 30.3 Å². The lowest BCUT2D eigenvalue weighted by molar-refractivity contribution is -0.144. The zero-order valence-electron chi connectivity index (χ0n) is 26.2. The number of halogens is 1. The van der Waals surface area contributed by atoms with E-state index in [0.717, 1.165) is 54.7 Å². The van der Waals surface area contributed by atoms with E-state index in [1.165, 1.54) is 5.56 Å². The molecule has 3 atom stereocenters. The van der Waals surface area contributed by atoms with Gasteiger partial charge in [-0.3, -0.25) is 14.8 Å². The Labute approximate surface area is 274 Å². The molecular formula is C35H42ClN2O7P. The molecule has 9 nitrogen and oxygen atoms in total. The molecule has 0 saturated heterocycles. The summed E-state index contributed by atoms with van der Waals surface area (Å²) < 4.78 is 23.2. The predicted octanol–water partition coefficient (Wildman–Crippen LogP) is 7.67. The summed E-state index contributed by atoms with van der Waals surface area (Å²) in [5.41, 5.74) is 3.58. The largest absolute Gasteiger partial charge is 0.524 e. The number of fused-ring (bicyclic) bond motifs is 3. The second-order valence-corrected chi connectivity index (χ2v) is 15.2. The van der Waals surface area contributed by atoms with Crippen LogP contribution in [0.25, 0.3) is 0 Å². The average molecular weight is 669 g/mol. The van der Waals surface area contributed by atoms with Crippen LogP contribution < -0.4 is 14.6 Å². The molecule has 1 unspecified atom stereocenters. The van der Waals surface area contributed by atoms with Gasteiger partial charge in [0.05, 0.1) is 6.61 Å². The van der Waals surface area contributed by atoms with E-state index in [9.17, 15) is 24.3 Å². The maximum atomic E-state index is 12.8. The molecule has 3 aromatic rings. The Bertz CT molecular complexity index is 1650. The molecule has 246 valence electrons. The Kier molecular flexibility index (Phi) is 9.16. The minimum atomic E-state index is -4.75. The molecule has 4 N–H and O–H groups in total. The van der Waals surface area contributed by atoms with Crippen molar-refractivity contribution in [3.8, 4) is 11.5 Å². The lowest BCUT2D eigenvalue weighted by Crippen LogP contribution is -2.53. The summed E-state index contributed by atoms with van der Waals surface area (Å²) in [6.07, 6.45) is 8.67. The van der Waals surface area contributed by atoms with Crippen molar-refractivity contribution in [2.24, 2.45) is 11.8 Å². The number of carbonyl (C=O) groups is 1. The maximum Gasteiger partial charge on any atom is 0.524 e. The van der Waals surface area contributed by atoms with Gasteiger partial charge < -0.3 is 19.7 Å². The van der Waals surface area contributed by atoms with E-state index in [4.69, 9.17) is 20.9 Å². The number of phosphoric ester groups is 1. The fourth-order valence-electron chi connectivity index (χ4n) is 8.27. The van der Waals surface area contributed by atoms with Gasteiger partial charge in [-0.2, -0.15) is 0 Å².